The summed E-state index contributed by atoms with van der Waals surface area (Å²) in [4.78, 5) is 0. The van der Waals surface area contributed by atoms with Gasteiger partial charge >= 0.3 is 0 Å². The van der Waals surface area contributed by atoms with Gasteiger partial charge in [0.05, 0.1) is 0 Å². The van der Waals surface area contributed by atoms with Gasteiger partial charge in [0.25, 0.3) is 0 Å². The monoisotopic (exact) mass is 225 g/mol. The van der Waals surface area contributed by atoms with Crippen molar-refractivity contribution >= 4 is 11.8 Å². The highest BCUT2D eigenvalue weighted by atomic mass is 32.2. The molecule has 0 radical (unpaired) electrons. The lowest BCUT2D eigenvalue weighted by atomic mass is 9.91. The third kappa shape index (κ3) is 1.91. The van der Waals surface area contributed by atoms with Crippen LogP contribution in [-0.4, -0.2) is 5.75 Å². The third-order valence-electron chi connectivity index (χ3n) is 3.11. The van der Waals surface area contributed by atoms with Gasteiger partial charge in [-0.15, -0.1) is 0 Å². The highest BCUT2D eigenvalue weighted by Gasteiger charge is 2.25. The molecule has 0 fully saturated rings. The molecule has 1 aromatic carbocycles. The van der Waals surface area contributed by atoms with Crippen molar-refractivity contribution < 1.29 is 4.39 Å². The van der Waals surface area contributed by atoms with Crippen LogP contribution >= 0.6 is 11.8 Å². The highest BCUT2D eigenvalue weighted by molar-refractivity contribution is 7.98. The molecule has 2 atom stereocenters. The van der Waals surface area contributed by atoms with Gasteiger partial charge in [-0.1, -0.05) is 13.0 Å². The van der Waals surface area contributed by atoms with E-state index >= 15 is 0 Å². The Hall–Kier alpha value is -0.540. The average molecular weight is 225 g/mol. The fraction of sp³-hybridized carbons (Fsp3) is 0.500. The minimum atomic E-state index is -0.158. The van der Waals surface area contributed by atoms with E-state index in [1.54, 1.807) is 0 Å². The maximum atomic E-state index is 13.8. The zero-order valence-corrected chi connectivity index (χ0v) is 9.90. The molecule has 1 aliphatic heterocycles. The standard InChI is InChI=1S/C12H16FNS/c1-7-3-4-10(13)11-9(7)6-15-5-8(2)12(11)14/h3-4,8,12H,5-6,14H2,1-2H3. The van der Waals surface area contributed by atoms with Gasteiger partial charge in [-0.3, -0.25) is 0 Å². The van der Waals surface area contributed by atoms with Crippen LogP contribution in [0.5, 0.6) is 0 Å². The first-order valence-electron chi connectivity index (χ1n) is 5.22. The van der Waals surface area contributed by atoms with Crippen LogP contribution in [0.3, 0.4) is 0 Å². The number of hydrogen-bond acceptors (Lipinski definition) is 2. The molecule has 0 saturated heterocycles. The van der Waals surface area contributed by atoms with Crippen LogP contribution in [0, 0.1) is 18.7 Å². The van der Waals surface area contributed by atoms with Crippen molar-refractivity contribution in [1.82, 2.24) is 0 Å². The summed E-state index contributed by atoms with van der Waals surface area (Å²) in [5.41, 5.74) is 9.11. The molecular weight excluding hydrogens is 209 g/mol. The molecule has 2 rings (SSSR count). The summed E-state index contributed by atoms with van der Waals surface area (Å²) >= 11 is 1.85. The number of benzene rings is 1. The Labute approximate surface area is 94.2 Å². The molecule has 3 heteroatoms. The van der Waals surface area contributed by atoms with Crippen molar-refractivity contribution in [3.05, 3.63) is 34.6 Å². The van der Waals surface area contributed by atoms with Crippen LogP contribution in [-0.2, 0) is 5.75 Å². The molecule has 0 amide bonds. The van der Waals surface area contributed by atoms with Crippen LogP contribution in [0.4, 0.5) is 4.39 Å². The fourth-order valence-corrected chi connectivity index (χ4v) is 3.32. The molecule has 1 aromatic rings. The maximum Gasteiger partial charge on any atom is 0.128 e. The average Bonchev–Trinajstić information content (AvgIpc) is 2.35. The molecule has 2 N–H and O–H groups in total. The zero-order valence-electron chi connectivity index (χ0n) is 9.09. The molecule has 2 unspecified atom stereocenters. The van der Waals surface area contributed by atoms with E-state index in [-0.39, 0.29) is 11.9 Å². The van der Waals surface area contributed by atoms with Gasteiger partial charge < -0.3 is 5.73 Å². The summed E-state index contributed by atoms with van der Waals surface area (Å²) < 4.78 is 13.8. The second kappa shape index (κ2) is 4.14. The number of nitrogens with two attached hydrogens (primary N) is 1. The fourth-order valence-electron chi connectivity index (χ4n) is 2.03. The van der Waals surface area contributed by atoms with Crippen molar-refractivity contribution in [3.8, 4) is 0 Å². The van der Waals surface area contributed by atoms with Crippen LogP contribution in [0.2, 0.25) is 0 Å². The number of halogens is 1. The van der Waals surface area contributed by atoms with E-state index in [4.69, 9.17) is 5.73 Å². The summed E-state index contributed by atoms with van der Waals surface area (Å²) in [5.74, 6) is 2.09. The number of thioether (sulfide) groups is 1. The number of fused-ring (bicyclic) bond motifs is 1. The second-order valence-corrected chi connectivity index (χ2v) is 5.30. The molecule has 0 bridgehead atoms. The van der Waals surface area contributed by atoms with Crippen molar-refractivity contribution in [1.29, 1.82) is 0 Å². The van der Waals surface area contributed by atoms with E-state index in [1.807, 2.05) is 24.8 Å². The summed E-state index contributed by atoms with van der Waals surface area (Å²) in [6.07, 6.45) is 0. The molecule has 0 spiro atoms. The quantitative estimate of drug-likeness (QED) is 0.734. The van der Waals surface area contributed by atoms with Crippen LogP contribution in [0.15, 0.2) is 12.1 Å². The molecular formula is C12H16FNS. The van der Waals surface area contributed by atoms with E-state index in [1.165, 1.54) is 6.07 Å². The van der Waals surface area contributed by atoms with Crippen molar-refractivity contribution in [2.75, 3.05) is 5.75 Å². The summed E-state index contributed by atoms with van der Waals surface area (Å²) in [5, 5.41) is 0. The Morgan fingerprint density at radius 1 is 1.47 bits per heavy atom. The lowest BCUT2D eigenvalue weighted by molar-refractivity contribution is 0.491. The van der Waals surface area contributed by atoms with Gasteiger partial charge in [0.1, 0.15) is 5.82 Å². The molecule has 82 valence electrons. The molecule has 0 saturated carbocycles. The molecule has 1 aliphatic rings. The van der Waals surface area contributed by atoms with Gasteiger partial charge in [-0.25, -0.2) is 4.39 Å². The Kier molecular flexibility index (Phi) is 3.03. The normalized spacial score (nSPS) is 25.9. The summed E-state index contributed by atoms with van der Waals surface area (Å²) in [6.45, 7) is 4.12. The van der Waals surface area contributed by atoms with Gasteiger partial charge in [-0.05, 0) is 35.8 Å². The second-order valence-electron chi connectivity index (χ2n) is 4.27. The van der Waals surface area contributed by atoms with Gasteiger partial charge in [0.2, 0.25) is 0 Å². The molecule has 15 heavy (non-hydrogen) atoms. The smallest absolute Gasteiger partial charge is 0.128 e. The molecule has 1 nitrogen and oxygen atoms in total. The lowest BCUT2D eigenvalue weighted by Crippen LogP contribution is -2.21. The Balaban J connectivity index is 2.57. The number of aryl methyl sites for hydroxylation is 1. The molecule has 0 aromatic heterocycles. The van der Waals surface area contributed by atoms with Crippen LogP contribution in [0.1, 0.15) is 29.7 Å². The van der Waals surface area contributed by atoms with E-state index < -0.39 is 0 Å². The first kappa shape index (κ1) is 11.0. The first-order valence-corrected chi connectivity index (χ1v) is 6.38. The van der Waals surface area contributed by atoms with Crippen molar-refractivity contribution in [2.45, 2.75) is 25.6 Å². The van der Waals surface area contributed by atoms with Crippen molar-refractivity contribution in [3.63, 3.8) is 0 Å². The van der Waals surface area contributed by atoms with Gasteiger partial charge in [0, 0.05) is 17.4 Å². The van der Waals surface area contributed by atoms with Crippen LogP contribution in [0.25, 0.3) is 0 Å². The highest BCUT2D eigenvalue weighted by Crippen LogP contribution is 2.35. The van der Waals surface area contributed by atoms with Gasteiger partial charge in [0.15, 0.2) is 0 Å². The van der Waals surface area contributed by atoms with Gasteiger partial charge in [-0.2, -0.15) is 11.8 Å². The Morgan fingerprint density at radius 2 is 2.20 bits per heavy atom. The Morgan fingerprint density at radius 3 is 2.93 bits per heavy atom. The largest absolute Gasteiger partial charge is 0.324 e. The summed E-state index contributed by atoms with van der Waals surface area (Å²) in [6, 6.07) is 3.23. The lowest BCUT2D eigenvalue weighted by Gasteiger charge is -2.19. The molecule has 0 aliphatic carbocycles. The predicted octanol–water partition coefficient (Wildman–Crippen LogP) is 3.02. The van der Waals surface area contributed by atoms with Crippen molar-refractivity contribution in [2.24, 2.45) is 11.7 Å². The minimum Gasteiger partial charge on any atom is -0.324 e. The zero-order chi connectivity index (χ0) is 11.0. The Bertz CT molecular complexity index is 378. The predicted molar refractivity (Wildman–Crippen MR) is 63.4 cm³/mol. The number of rotatable bonds is 0. The van der Waals surface area contributed by atoms with E-state index in [0.29, 0.717) is 5.92 Å². The first-order chi connectivity index (χ1) is 7.11. The van der Waals surface area contributed by atoms with Crippen LogP contribution < -0.4 is 5.73 Å². The topological polar surface area (TPSA) is 26.0 Å². The van der Waals surface area contributed by atoms with E-state index in [9.17, 15) is 4.39 Å². The minimum absolute atomic E-state index is 0.141. The maximum absolute atomic E-state index is 13.8. The third-order valence-corrected chi connectivity index (χ3v) is 4.37. The SMILES string of the molecule is Cc1ccc(F)c2c1CSCC(C)C2N. The van der Waals surface area contributed by atoms with E-state index in [0.717, 1.165) is 28.2 Å². The molecule has 1 heterocycles. The van der Waals surface area contributed by atoms with E-state index in [2.05, 4.69) is 6.92 Å². The number of hydrogen-bond donors (Lipinski definition) is 1. The summed E-state index contributed by atoms with van der Waals surface area (Å²) in [7, 11) is 0.